The third kappa shape index (κ3) is 3.63. The molecular formula is C15H16N2O5. The molecule has 0 bridgehead atoms. The summed E-state index contributed by atoms with van der Waals surface area (Å²) >= 11 is 0. The zero-order valence-corrected chi connectivity index (χ0v) is 12.5. The Hall–Kier alpha value is -2.83. The highest BCUT2D eigenvalue weighted by molar-refractivity contribution is 5.96. The van der Waals surface area contributed by atoms with Crippen molar-refractivity contribution in [1.82, 2.24) is 5.16 Å². The van der Waals surface area contributed by atoms with Gasteiger partial charge in [0.1, 0.15) is 11.5 Å². The summed E-state index contributed by atoms with van der Waals surface area (Å²) < 4.78 is 14.3. The maximum atomic E-state index is 11.7. The van der Waals surface area contributed by atoms with E-state index in [1.54, 1.807) is 25.1 Å². The fourth-order valence-corrected chi connectivity index (χ4v) is 1.89. The van der Waals surface area contributed by atoms with Crippen LogP contribution in [0.2, 0.25) is 0 Å². The lowest BCUT2D eigenvalue weighted by Crippen LogP contribution is -2.09. The Morgan fingerprint density at radius 3 is 2.14 bits per heavy atom. The van der Waals surface area contributed by atoms with Gasteiger partial charge in [0.15, 0.2) is 0 Å². The molecule has 0 aliphatic heterocycles. The number of esters is 2. The Morgan fingerprint density at radius 1 is 1.09 bits per heavy atom. The lowest BCUT2D eigenvalue weighted by atomic mass is 10.1. The summed E-state index contributed by atoms with van der Waals surface area (Å²) in [6.07, 6.45) is 0. The van der Waals surface area contributed by atoms with Crippen molar-refractivity contribution in [3.63, 3.8) is 0 Å². The van der Waals surface area contributed by atoms with Crippen LogP contribution in [0.3, 0.4) is 0 Å². The topological polar surface area (TPSA) is 90.7 Å². The Morgan fingerprint density at radius 2 is 1.68 bits per heavy atom. The van der Waals surface area contributed by atoms with Crippen molar-refractivity contribution in [3.8, 4) is 0 Å². The van der Waals surface area contributed by atoms with E-state index in [2.05, 4.69) is 19.9 Å². The summed E-state index contributed by atoms with van der Waals surface area (Å²) in [5.74, 6) is -0.368. The quantitative estimate of drug-likeness (QED) is 0.846. The number of hydrogen-bond acceptors (Lipinski definition) is 7. The number of carbonyl (C=O) groups is 2. The van der Waals surface area contributed by atoms with Gasteiger partial charge in [0.2, 0.25) is 0 Å². The number of hydrogen-bond donors (Lipinski definition) is 1. The van der Waals surface area contributed by atoms with E-state index in [4.69, 9.17) is 4.52 Å². The van der Waals surface area contributed by atoms with Crippen molar-refractivity contribution in [3.05, 3.63) is 46.8 Å². The van der Waals surface area contributed by atoms with Crippen LogP contribution in [0.4, 0.5) is 5.69 Å². The molecule has 1 N–H and O–H groups in total. The van der Waals surface area contributed by atoms with Crippen LogP contribution in [0.1, 0.15) is 32.2 Å². The number of nitrogens with one attached hydrogen (secondary N) is 1. The molecule has 0 atom stereocenters. The lowest BCUT2D eigenvalue weighted by Gasteiger charge is -2.09. The van der Waals surface area contributed by atoms with Crippen LogP contribution in [0.25, 0.3) is 0 Å². The standard InChI is InChI=1S/C15H16N2O5/c1-9-4-13(17-22-9)8-16-12-6-10(14(18)20-2)5-11(7-12)15(19)21-3/h4-7,16H,8H2,1-3H3. The van der Waals surface area contributed by atoms with E-state index < -0.39 is 11.9 Å². The van der Waals surface area contributed by atoms with Crippen molar-refractivity contribution in [2.45, 2.75) is 13.5 Å². The molecule has 0 aliphatic carbocycles. The molecule has 0 unspecified atom stereocenters. The van der Waals surface area contributed by atoms with E-state index in [9.17, 15) is 9.59 Å². The summed E-state index contributed by atoms with van der Waals surface area (Å²) in [6.45, 7) is 2.19. The van der Waals surface area contributed by atoms with Crippen molar-refractivity contribution in [2.75, 3.05) is 19.5 Å². The second-order valence-electron chi connectivity index (χ2n) is 4.56. The molecule has 1 heterocycles. The molecule has 1 aromatic carbocycles. The fraction of sp³-hybridized carbons (Fsp3) is 0.267. The third-order valence-corrected chi connectivity index (χ3v) is 2.93. The second kappa shape index (κ2) is 6.75. The molecule has 7 nitrogen and oxygen atoms in total. The van der Waals surface area contributed by atoms with Gasteiger partial charge in [-0.05, 0) is 25.1 Å². The maximum absolute atomic E-state index is 11.7. The first kappa shape index (κ1) is 15.6. The highest BCUT2D eigenvalue weighted by Gasteiger charge is 2.14. The Balaban J connectivity index is 2.24. The molecule has 0 fully saturated rings. The van der Waals surface area contributed by atoms with Crippen molar-refractivity contribution in [1.29, 1.82) is 0 Å². The van der Waals surface area contributed by atoms with E-state index in [-0.39, 0.29) is 11.1 Å². The largest absolute Gasteiger partial charge is 0.465 e. The smallest absolute Gasteiger partial charge is 0.337 e. The number of nitrogens with zero attached hydrogens (tertiary/aromatic N) is 1. The molecule has 0 aliphatic rings. The van der Waals surface area contributed by atoms with Crippen LogP contribution < -0.4 is 5.32 Å². The molecule has 116 valence electrons. The molecule has 7 heteroatoms. The normalized spacial score (nSPS) is 10.1. The van der Waals surface area contributed by atoms with E-state index >= 15 is 0 Å². The molecule has 1 aromatic heterocycles. The Labute approximate surface area is 127 Å². The monoisotopic (exact) mass is 304 g/mol. The molecule has 2 aromatic rings. The van der Waals surface area contributed by atoms with E-state index in [0.29, 0.717) is 23.7 Å². The number of carbonyl (C=O) groups excluding carboxylic acids is 2. The third-order valence-electron chi connectivity index (χ3n) is 2.93. The van der Waals surface area contributed by atoms with Gasteiger partial charge < -0.3 is 19.3 Å². The minimum absolute atomic E-state index is 0.254. The summed E-state index contributed by atoms with van der Waals surface area (Å²) in [5.41, 5.74) is 1.79. The van der Waals surface area contributed by atoms with E-state index in [0.717, 1.165) is 0 Å². The number of methoxy groups -OCH3 is 2. The van der Waals surface area contributed by atoms with Gasteiger partial charge in [0.05, 0.1) is 31.9 Å². The van der Waals surface area contributed by atoms with Crippen LogP contribution in [-0.2, 0) is 16.0 Å². The van der Waals surface area contributed by atoms with Crippen molar-refractivity contribution >= 4 is 17.6 Å². The van der Waals surface area contributed by atoms with Gasteiger partial charge in [0.25, 0.3) is 0 Å². The predicted molar refractivity (Wildman–Crippen MR) is 77.7 cm³/mol. The van der Waals surface area contributed by atoms with Gasteiger partial charge in [-0.3, -0.25) is 0 Å². The number of anilines is 1. The fourth-order valence-electron chi connectivity index (χ4n) is 1.89. The van der Waals surface area contributed by atoms with Gasteiger partial charge in [0, 0.05) is 11.8 Å². The minimum Gasteiger partial charge on any atom is -0.465 e. The predicted octanol–water partition coefficient (Wildman–Crippen LogP) is 2.17. The summed E-state index contributed by atoms with van der Waals surface area (Å²) in [4.78, 5) is 23.4. The van der Waals surface area contributed by atoms with Gasteiger partial charge in [-0.2, -0.15) is 0 Å². The molecule has 2 rings (SSSR count). The molecule has 0 amide bonds. The van der Waals surface area contributed by atoms with Crippen molar-refractivity contribution < 1.29 is 23.6 Å². The van der Waals surface area contributed by atoms with Crippen LogP contribution in [-0.4, -0.2) is 31.3 Å². The van der Waals surface area contributed by atoms with E-state index in [1.807, 2.05) is 0 Å². The van der Waals surface area contributed by atoms with Gasteiger partial charge >= 0.3 is 11.9 Å². The average Bonchev–Trinajstić information content (AvgIpc) is 2.96. The second-order valence-corrected chi connectivity index (χ2v) is 4.56. The summed E-state index contributed by atoms with van der Waals surface area (Å²) in [7, 11) is 2.55. The highest BCUT2D eigenvalue weighted by atomic mass is 16.5. The van der Waals surface area contributed by atoms with Crippen LogP contribution in [0, 0.1) is 6.92 Å². The number of aryl methyl sites for hydroxylation is 1. The SMILES string of the molecule is COC(=O)c1cc(NCc2cc(C)on2)cc(C(=O)OC)c1. The maximum Gasteiger partial charge on any atom is 0.337 e. The first-order valence-electron chi connectivity index (χ1n) is 6.51. The molecular weight excluding hydrogens is 288 g/mol. The molecule has 0 spiro atoms. The molecule has 0 saturated carbocycles. The van der Waals surface area contributed by atoms with E-state index in [1.165, 1.54) is 20.3 Å². The zero-order chi connectivity index (χ0) is 16.1. The molecule has 0 radical (unpaired) electrons. The number of aromatic nitrogens is 1. The molecule has 0 saturated heterocycles. The first-order valence-corrected chi connectivity index (χ1v) is 6.51. The highest BCUT2D eigenvalue weighted by Crippen LogP contribution is 2.18. The van der Waals surface area contributed by atoms with Crippen LogP contribution >= 0.6 is 0 Å². The first-order chi connectivity index (χ1) is 10.5. The minimum atomic E-state index is -0.536. The van der Waals surface area contributed by atoms with Gasteiger partial charge in [-0.15, -0.1) is 0 Å². The number of rotatable bonds is 5. The number of ether oxygens (including phenoxy) is 2. The summed E-state index contributed by atoms with van der Waals surface area (Å²) in [6, 6.07) is 6.39. The average molecular weight is 304 g/mol. The van der Waals surface area contributed by atoms with Crippen LogP contribution in [0.15, 0.2) is 28.8 Å². The number of benzene rings is 1. The van der Waals surface area contributed by atoms with Crippen molar-refractivity contribution in [2.24, 2.45) is 0 Å². The van der Waals surface area contributed by atoms with Crippen LogP contribution in [0.5, 0.6) is 0 Å². The van der Waals surface area contributed by atoms with Gasteiger partial charge in [-0.1, -0.05) is 5.16 Å². The lowest BCUT2D eigenvalue weighted by molar-refractivity contribution is 0.0599. The van der Waals surface area contributed by atoms with Gasteiger partial charge in [-0.25, -0.2) is 9.59 Å². The Bertz CT molecular complexity index is 659. The molecule has 22 heavy (non-hydrogen) atoms. The zero-order valence-electron chi connectivity index (χ0n) is 12.5. The summed E-state index contributed by atoms with van der Waals surface area (Å²) in [5, 5.41) is 6.93. The Kier molecular flexibility index (Phi) is 4.77.